The van der Waals surface area contributed by atoms with E-state index in [1.807, 2.05) is 0 Å². The first-order valence-corrected chi connectivity index (χ1v) is 5.48. The van der Waals surface area contributed by atoms with Crippen molar-refractivity contribution in [2.24, 2.45) is 0 Å². The molecule has 5 heteroatoms. The zero-order valence-corrected chi connectivity index (χ0v) is 9.32. The Labute approximate surface area is 95.1 Å². The van der Waals surface area contributed by atoms with Crippen LogP contribution in [0.25, 0.3) is 0 Å². The fraction of sp³-hybridized carbons (Fsp3) is 0.636. The molecule has 0 bridgehead atoms. The van der Waals surface area contributed by atoms with Gasteiger partial charge in [-0.15, -0.1) is 6.58 Å². The van der Waals surface area contributed by atoms with Crippen molar-refractivity contribution in [2.75, 3.05) is 19.6 Å². The molecular formula is C11H18N2O3. The second-order valence-corrected chi connectivity index (χ2v) is 3.88. The van der Waals surface area contributed by atoms with Gasteiger partial charge >= 0.3 is 5.97 Å². The predicted molar refractivity (Wildman–Crippen MR) is 60.1 cm³/mol. The standard InChI is InChI=1S/C11H18N2O3/c1-2-6-12-8-10(14)13(9-3-4-9)7-5-11(15)16/h2,9,12H,1,3-8H2,(H,15,16). The van der Waals surface area contributed by atoms with Crippen molar-refractivity contribution in [1.29, 1.82) is 0 Å². The van der Waals surface area contributed by atoms with Crippen LogP contribution in [0.1, 0.15) is 19.3 Å². The minimum atomic E-state index is -0.863. The summed E-state index contributed by atoms with van der Waals surface area (Å²) < 4.78 is 0. The van der Waals surface area contributed by atoms with Crippen LogP contribution in [0.2, 0.25) is 0 Å². The highest BCUT2D eigenvalue weighted by molar-refractivity contribution is 5.79. The van der Waals surface area contributed by atoms with Crippen LogP contribution in [0.3, 0.4) is 0 Å². The van der Waals surface area contributed by atoms with E-state index in [2.05, 4.69) is 11.9 Å². The van der Waals surface area contributed by atoms with Crippen molar-refractivity contribution in [3.05, 3.63) is 12.7 Å². The number of carboxylic acids is 1. The van der Waals surface area contributed by atoms with Crippen LogP contribution in [0.5, 0.6) is 0 Å². The number of carbonyl (C=O) groups is 2. The molecule has 90 valence electrons. The van der Waals surface area contributed by atoms with Crippen molar-refractivity contribution < 1.29 is 14.7 Å². The third-order valence-corrected chi connectivity index (χ3v) is 2.44. The molecule has 0 unspecified atom stereocenters. The molecule has 0 heterocycles. The number of nitrogens with one attached hydrogen (secondary N) is 1. The Kier molecular flexibility index (Phi) is 4.98. The molecule has 0 aromatic carbocycles. The number of carboxylic acid groups (broad SMARTS) is 1. The fourth-order valence-corrected chi connectivity index (χ4v) is 1.50. The molecule has 0 spiro atoms. The summed E-state index contributed by atoms with van der Waals surface area (Å²) in [5.74, 6) is -0.886. The van der Waals surface area contributed by atoms with E-state index < -0.39 is 5.97 Å². The Balaban J connectivity index is 2.33. The van der Waals surface area contributed by atoms with Gasteiger partial charge in [0, 0.05) is 19.1 Å². The normalized spacial score (nSPS) is 14.5. The Hall–Kier alpha value is -1.36. The van der Waals surface area contributed by atoms with E-state index in [0.717, 1.165) is 12.8 Å². The van der Waals surface area contributed by atoms with Gasteiger partial charge in [-0.25, -0.2) is 0 Å². The number of aliphatic carboxylic acids is 1. The maximum atomic E-state index is 11.7. The zero-order valence-electron chi connectivity index (χ0n) is 9.32. The molecule has 0 aromatic rings. The Morgan fingerprint density at radius 3 is 2.69 bits per heavy atom. The first kappa shape index (κ1) is 12.7. The molecule has 1 aliphatic carbocycles. The largest absolute Gasteiger partial charge is 0.481 e. The molecule has 5 nitrogen and oxygen atoms in total. The summed E-state index contributed by atoms with van der Waals surface area (Å²) in [6.07, 6.45) is 3.69. The smallest absolute Gasteiger partial charge is 0.305 e. The molecule has 16 heavy (non-hydrogen) atoms. The highest BCUT2D eigenvalue weighted by Crippen LogP contribution is 2.26. The Morgan fingerprint density at radius 2 is 2.19 bits per heavy atom. The lowest BCUT2D eigenvalue weighted by molar-refractivity contribution is -0.138. The lowest BCUT2D eigenvalue weighted by Crippen LogP contribution is -2.40. The lowest BCUT2D eigenvalue weighted by Gasteiger charge is -2.21. The minimum absolute atomic E-state index is 0.0176. The average molecular weight is 226 g/mol. The average Bonchev–Trinajstić information content (AvgIpc) is 3.02. The zero-order chi connectivity index (χ0) is 12.0. The number of nitrogens with zero attached hydrogens (tertiary/aromatic N) is 1. The van der Waals surface area contributed by atoms with E-state index >= 15 is 0 Å². The van der Waals surface area contributed by atoms with Gasteiger partial charge in [-0.1, -0.05) is 6.08 Å². The summed E-state index contributed by atoms with van der Waals surface area (Å²) in [6, 6.07) is 0.261. The van der Waals surface area contributed by atoms with E-state index in [1.165, 1.54) is 0 Å². The molecule has 2 N–H and O–H groups in total. The number of hydrogen-bond acceptors (Lipinski definition) is 3. The summed E-state index contributed by atoms with van der Waals surface area (Å²) in [6.45, 7) is 4.70. The van der Waals surface area contributed by atoms with Gasteiger partial charge in [0.25, 0.3) is 0 Å². The summed E-state index contributed by atoms with van der Waals surface area (Å²) in [4.78, 5) is 23.9. The molecule has 1 aliphatic rings. The number of amides is 1. The van der Waals surface area contributed by atoms with Gasteiger partial charge in [-0.05, 0) is 12.8 Å². The van der Waals surface area contributed by atoms with Crippen LogP contribution in [0.15, 0.2) is 12.7 Å². The highest BCUT2D eigenvalue weighted by atomic mass is 16.4. The van der Waals surface area contributed by atoms with Gasteiger partial charge in [0.05, 0.1) is 13.0 Å². The van der Waals surface area contributed by atoms with Crippen LogP contribution >= 0.6 is 0 Å². The summed E-state index contributed by atoms with van der Waals surface area (Å²) in [5, 5.41) is 11.5. The van der Waals surface area contributed by atoms with Gasteiger partial charge < -0.3 is 15.3 Å². The first-order chi connectivity index (χ1) is 7.65. The van der Waals surface area contributed by atoms with Crippen molar-refractivity contribution >= 4 is 11.9 Å². The van der Waals surface area contributed by atoms with Gasteiger partial charge in [-0.3, -0.25) is 9.59 Å². The molecule has 0 aliphatic heterocycles. The Morgan fingerprint density at radius 1 is 1.50 bits per heavy atom. The van der Waals surface area contributed by atoms with Gasteiger partial charge in [0.1, 0.15) is 0 Å². The summed E-state index contributed by atoms with van der Waals surface area (Å²) in [5.41, 5.74) is 0. The maximum Gasteiger partial charge on any atom is 0.305 e. The summed E-state index contributed by atoms with van der Waals surface area (Å²) >= 11 is 0. The van der Waals surface area contributed by atoms with Crippen LogP contribution in [0, 0.1) is 0 Å². The van der Waals surface area contributed by atoms with Gasteiger partial charge in [0.15, 0.2) is 0 Å². The quantitative estimate of drug-likeness (QED) is 0.459. The van der Waals surface area contributed by atoms with Crippen LogP contribution in [-0.2, 0) is 9.59 Å². The van der Waals surface area contributed by atoms with Crippen LogP contribution < -0.4 is 5.32 Å². The van der Waals surface area contributed by atoms with Crippen molar-refractivity contribution in [2.45, 2.75) is 25.3 Å². The third kappa shape index (κ3) is 4.44. The number of hydrogen-bond donors (Lipinski definition) is 2. The van der Waals surface area contributed by atoms with Crippen LogP contribution in [-0.4, -0.2) is 47.6 Å². The van der Waals surface area contributed by atoms with E-state index in [9.17, 15) is 9.59 Å². The molecule has 1 saturated carbocycles. The molecule has 1 rings (SSSR count). The monoisotopic (exact) mass is 226 g/mol. The first-order valence-electron chi connectivity index (χ1n) is 5.48. The summed E-state index contributed by atoms with van der Waals surface area (Å²) in [7, 11) is 0. The molecule has 0 radical (unpaired) electrons. The molecular weight excluding hydrogens is 208 g/mol. The predicted octanol–water partition coefficient (Wildman–Crippen LogP) is 0.228. The van der Waals surface area contributed by atoms with E-state index in [0.29, 0.717) is 13.1 Å². The molecule has 1 fully saturated rings. The van der Waals surface area contributed by atoms with E-state index in [4.69, 9.17) is 5.11 Å². The van der Waals surface area contributed by atoms with Gasteiger partial charge in [-0.2, -0.15) is 0 Å². The van der Waals surface area contributed by atoms with E-state index in [1.54, 1.807) is 11.0 Å². The van der Waals surface area contributed by atoms with Crippen molar-refractivity contribution in [3.8, 4) is 0 Å². The van der Waals surface area contributed by atoms with E-state index in [-0.39, 0.29) is 24.9 Å². The SMILES string of the molecule is C=CCNCC(=O)N(CCC(=O)O)C1CC1. The maximum absolute atomic E-state index is 11.7. The fourth-order valence-electron chi connectivity index (χ4n) is 1.50. The third-order valence-electron chi connectivity index (χ3n) is 2.44. The molecule has 1 amide bonds. The number of rotatable bonds is 8. The van der Waals surface area contributed by atoms with Crippen LogP contribution in [0.4, 0.5) is 0 Å². The topological polar surface area (TPSA) is 69.6 Å². The highest BCUT2D eigenvalue weighted by Gasteiger charge is 2.32. The lowest BCUT2D eigenvalue weighted by atomic mass is 10.3. The second-order valence-electron chi connectivity index (χ2n) is 3.88. The molecule has 0 saturated heterocycles. The molecule has 0 aromatic heterocycles. The Bertz CT molecular complexity index is 274. The van der Waals surface area contributed by atoms with Crippen molar-refractivity contribution in [3.63, 3.8) is 0 Å². The second kappa shape index (κ2) is 6.27. The van der Waals surface area contributed by atoms with Gasteiger partial charge in [0.2, 0.25) is 5.91 Å². The number of carbonyl (C=O) groups excluding carboxylic acids is 1. The molecule has 0 atom stereocenters. The minimum Gasteiger partial charge on any atom is -0.481 e. The van der Waals surface area contributed by atoms with Crippen molar-refractivity contribution in [1.82, 2.24) is 10.2 Å².